The van der Waals surface area contributed by atoms with Crippen LogP contribution in [0.4, 0.5) is 0 Å². The Labute approximate surface area is 108 Å². The Kier molecular flexibility index (Phi) is 4.43. The van der Waals surface area contributed by atoms with Crippen molar-refractivity contribution in [3.63, 3.8) is 0 Å². The zero-order valence-electron chi connectivity index (χ0n) is 8.86. The van der Waals surface area contributed by atoms with Crippen LogP contribution in [0.2, 0.25) is 0 Å². The van der Waals surface area contributed by atoms with E-state index in [2.05, 4.69) is 44.9 Å². The molecule has 1 heterocycles. The number of hydrogen-bond donors (Lipinski definition) is 0. The van der Waals surface area contributed by atoms with Crippen LogP contribution in [0.15, 0.2) is 41.1 Å². The SMILES string of the molecule is BrCc1ccc(OCCc2ccsc2)cc1. The van der Waals surface area contributed by atoms with Gasteiger partial charge >= 0.3 is 0 Å². The van der Waals surface area contributed by atoms with Gasteiger partial charge in [0.15, 0.2) is 0 Å². The van der Waals surface area contributed by atoms with Gasteiger partial charge in [-0.05, 0) is 40.1 Å². The van der Waals surface area contributed by atoms with Crippen molar-refractivity contribution >= 4 is 27.3 Å². The summed E-state index contributed by atoms with van der Waals surface area (Å²) in [6.07, 6.45) is 0.976. The van der Waals surface area contributed by atoms with Gasteiger partial charge in [-0.3, -0.25) is 0 Å². The molecule has 0 aliphatic carbocycles. The molecule has 2 aromatic rings. The zero-order valence-corrected chi connectivity index (χ0v) is 11.3. The summed E-state index contributed by atoms with van der Waals surface area (Å²) < 4.78 is 5.67. The van der Waals surface area contributed by atoms with Gasteiger partial charge in [-0.25, -0.2) is 0 Å². The van der Waals surface area contributed by atoms with E-state index in [0.29, 0.717) is 0 Å². The van der Waals surface area contributed by atoms with Crippen LogP contribution in [-0.2, 0) is 11.8 Å². The van der Waals surface area contributed by atoms with E-state index in [-0.39, 0.29) is 0 Å². The second-order valence-corrected chi connectivity index (χ2v) is 4.85. The Balaban J connectivity index is 1.81. The minimum atomic E-state index is 0.740. The number of thiophene rings is 1. The van der Waals surface area contributed by atoms with Gasteiger partial charge < -0.3 is 4.74 Å². The van der Waals surface area contributed by atoms with Crippen LogP contribution in [0.3, 0.4) is 0 Å². The fourth-order valence-electron chi connectivity index (χ4n) is 1.40. The normalized spacial score (nSPS) is 10.3. The molecule has 0 atom stereocenters. The van der Waals surface area contributed by atoms with Gasteiger partial charge in [-0.2, -0.15) is 11.3 Å². The molecule has 2 rings (SSSR count). The Morgan fingerprint density at radius 3 is 2.50 bits per heavy atom. The van der Waals surface area contributed by atoms with Crippen molar-refractivity contribution in [1.82, 2.24) is 0 Å². The molecule has 0 saturated carbocycles. The quantitative estimate of drug-likeness (QED) is 0.749. The van der Waals surface area contributed by atoms with Crippen LogP contribution in [0.1, 0.15) is 11.1 Å². The van der Waals surface area contributed by atoms with Crippen molar-refractivity contribution < 1.29 is 4.74 Å². The highest BCUT2D eigenvalue weighted by Crippen LogP contribution is 2.14. The van der Waals surface area contributed by atoms with E-state index in [9.17, 15) is 0 Å². The third kappa shape index (κ3) is 3.35. The van der Waals surface area contributed by atoms with E-state index in [0.717, 1.165) is 24.1 Å². The second-order valence-electron chi connectivity index (χ2n) is 3.51. The lowest BCUT2D eigenvalue weighted by atomic mass is 10.2. The average Bonchev–Trinajstić information content (AvgIpc) is 2.83. The molecular formula is C13H13BrOS. The van der Waals surface area contributed by atoms with Gasteiger partial charge in [0.1, 0.15) is 5.75 Å². The second kappa shape index (κ2) is 6.06. The molecule has 0 N–H and O–H groups in total. The zero-order chi connectivity index (χ0) is 11.2. The molecule has 16 heavy (non-hydrogen) atoms. The van der Waals surface area contributed by atoms with Gasteiger partial charge in [0.25, 0.3) is 0 Å². The van der Waals surface area contributed by atoms with Crippen LogP contribution < -0.4 is 4.74 Å². The Morgan fingerprint density at radius 1 is 1.06 bits per heavy atom. The van der Waals surface area contributed by atoms with Gasteiger partial charge in [-0.1, -0.05) is 28.1 Å². The Hall–Kier alpha value is -0.800. The molecule has 3 heteroatoms. The van der Waals surface area contributed by atoms with Crippen molar-refractivity contribution in [3.8, 4) is 5.75 Å². The first-order valence-electron chi connectivity index (χ1n) is 5.17. The molecule has 0 radical (unpaired) electrons. The molecule has 1 aromatic heterocycles. The highest BCUT2D eigenvalue weighted by atomic mass is 79.9. The van der Waals surface area contributed by atoms with Crippen LogP contribution in [0.25, 0.3) is 0 Å². The monoisotopic (exact) mass is 296 g/mol. The van der Waals surface area contributed by atoms with E-state index >= 15 is 0 Å². The third-order valence-electron chi connectivity index (χ3n) is 2.32. The molecule has 0 unspecified atom stereocenters. The van der Waals surface area contributed by atoms with Crippen molar-refractivity contribution in [2.45, 2.75) is 11.8 Å². The average molecular weight is 297 g/mol. The molecule has 84 valence electrons. The first kappa shape index (κ1) is 11.7. The fourth-order valence-corrected chi connectivity index (χ4v) is 2.47. The van der Waals surface area contributed by atoms with Gasteiger partial charge in [0.05, 0.1) is 6.61 Å². The summed E-state index contributed by atoms with van der Waals surface area (Å²) in [5.74, 6) is 0.944. The lowest BCUT2D eigenvalue weighted by Crippen LogP contribution is -2.00. The number of alkyl halides is 1. The number of hydrogen-bond acceptors (Lipinski definition) is 2. The number of halogens is 1. The molecule has 0 amide bonds. The molecule has 0 aliphatic rings. The third-order valence-corrected chi connectivity index (χ3v) is 3.70. The highest BCUT2D eigenvalue weighted by molar-refractivity contribution is 9.08. The van der Waals surface area contributed by atoms with Crippen LogP contribution in [0, 0.1) is 0 Å². The van der Waals surface area contributed by atoms with Crippen LogP contribution >= 0.6 is 27.3 Å². The van der Waals surface area contributed by atoms with E-state index in [1.165, 1.54) is 11.1 Å². The summed E-state index contributed by atoms with van der Waals surface area (Å²) in [4.78, 5) is 0. The van der Waals surface area contributed by atoms with Gasteiger partial charge in [0, 0.05) is 11.8 Å². The summed E-state index contributed by atoms with van der Waals surface area (Å²) in [6, 6.07) is 10.3. The maximum absolute atomic E-state index is 5.67. The lowest BCUT2D eigenvalue weighted by Gasteiger charge is -2.05. The lowest BCUT2D eigenvalue weighted by molar-refractivity contribution is 0.322. The molecule has 0 saturated heterocycles. The molecule has 1 aromatic carbocycles. The summed E-state index contributed by atoms with van der Waals surface area (Å²) in [5.41, 5.74) is 2.62. The van der Waals surface area contributed by atoms with E-state index < -0.39 is 0 Å². The summed E-state index contributed by atoms with van der Waals surface area (Å²) >= 11 is 5.15. The molecule has 0 bridgehead atoms. The number of rotatable bonds is 5. The highest BCUT2D eigenvalue weighted by Gasteiger charge is 1.96. The maximum atomic E-state index is 5.67. The van der Waals surface area contributed by atoms with Crippen molar-refractivity contribution in [2.24, 2.45) is 0 Å². The predicted molar refractivity (Wildman–Crippen MR) is 72.6 cm³/mol. The van der Waals surface area contributed by atoms with Crippen molar-refractivity contribution in [1.29, 1.82) is 0 Å². The number of benzene rings is 1. The standard InChI is InChI=1S/C13H13BrOS/c14-9-11-1-3-13(4-2-11)15-7-5-12-6-8-16-10-12/h1-4,6,8,10H,5,7,9H2. The minimum Gasteiger partial charge on any atom is -0.493 e. The van der Waals surface area contributed by atoms with Crippen LogP contribution in [0.5, 0.6) is 5.75 Å². The van der Waals surface area contributed by atoms with Crippen LogP contribution in [-0.4, -0.2) is 6.61 Å². The number of ether oxygens (including phenoxy) is 1. The summed E-state index contributed by atoms with van der Waals surface area (Å²) in [5, 5.41) is 5.15. The van der Waals surface area contributed by atoms with Gasteiger partial charge in [0.2, 0.25) is 0 Å². The van der Waals surface area contributed by atoms with E-state index in [1.807, 2.05) is 12.1 Å². The Morgan fingerprint density at radius 2 is 1.88 bits per heavy atom. The van der Waals surface area contributed by atoms with Gasteiger partial charge in [-0.15, -0.1) is 0 Å². The molecule has 1 nitrogen and oxygen atoms in total. The molecular weight excluding hydrogens is 284 g/mol. The van der Waals surface area contributed by atoms with Crippen molar-refractivity contribution in [2.75, 3.05) is 6.61 Å². The molecule has 0 spiro atoms. The predicted octanol–water partition coefficient (Wildman–Crippen LogP) is 4.26. The molecule has 0 aliphatic heterocycles. The van der Waals surface area contributed by atoms with E-state index in [4.69, 9.17) is 4.74 Å². The summed E-state index contributed by atoms with van der Waals surface area (Å²) in [6.45, 7) is 0.740. The maximum Gasteiger partial charge on any atom is 0.119 e. The Bertz CT molecular complexity index is 408. The van der Waals surface area contributed by atoms with Crippen molar-refractivity contribution in [3.05, 3.63) is 52.2 Å². The fraction of sp³-hybridized carbons (Fsp3) is 0.231. The van der Waals surface area contributed by atoms with E-state index in [1.54, 1.807) is 11.3 Å². The molecule has 0 fully saturated rings. The first-order valence-corrected chi connectivity index (χ1v) is 7.23. The minimum absolute atomic E-state index is 0.740. The largest absolute Gasteiger partial charge is 0.493 e. The first-order chi connectivity index (χ1) is 7.88. The smallest absolute Gasteiger partial charge is 0.119 e. The topological polar surface area (TPSA) is 9.23 Å². The summed E-state index contributed by atoms with van der Waals surface area (Å²) in [7, 11) is 0.